The molecular weight excluding hydrogens is 306 g/mol. The van der Waals surface area contributed by atoms with Crippen molar-refractivity contribution >= 4 is 29.1 Å². The third kappa shape index (κ3) is 3.01. The van der Waals surface area contributed by atoms with Crippen LogP contribution in [-0.4, -0.2) is 43.8 Å². The molecular formula is C14H20ClN5O2. The largest absolute Gasteiger partial charge is 0.493 e. The van der Waals surface area contributed by atoms with Crippen LogP contribution in [0.1, 0.15) is 11.9 Å². The van der Waals surface area contributed by atoms with Crippen molar-refractivity contribution in [1.82, 2.24) is 20.6 Å². The van der Waals surface area contributed by atoms with Gasteiger partial charge in [-0.3, -0.25) is 0 Å². The first-order valence-corrected chi connectivity index (χ1v) is 6.86. The van der Waals surface area contributed by atoms with Gasteiger partial charge in [0.25, 0.3) is 0 Å². The van der Waals surface area contributed by atoms with Crippen LogP contribution in [0.15, 0.2) is 12.1 Å². The van der Waals surface area contributed by atoms with E-state index in [-0.39, 0.29) is 18.4 Å². The molecule has 0 spiro atoms. The Bertz CT molecular complexity index is 661. The summed E-state index contributed by atoms with van der Waals surface area (Å²) in [6.45, 7) is 2.63. The number of nitrogens with zero attached hydrogens (tertiary/aromatic N) is 2. The Kier molecular flexibility index (Phi) is 5.23. The van der Waals surface area contributed by atoms with Gasteiger partial charge in [0.05, 0.1) is 25.8 Å². The summed E-state index contributed by atoms with van der Waals surface area (Å²) in [7, 11) is 3.19. The first kappa shape index (κ1) is 16.5. The molecule has 1 aromatic heterocycles. The number of nitrogens with two attached hydrogens (primary N) is 1. The van der Waals surface area contributed by atoms with Crippen molar-refractivity contribution in [2.75, 3.05) is 39.6 Å². The highest BCUT2D eigenvalue weighted by atomic mass is 35.5. The monoisotopic (exact) mass is 325 g/mol. The van der Waals surface area contributed by atoms with Crippen molar-refractivity contribution in [2.24, 2.45) is 0 Å². The fourth-order valence-corrected chi connectivity index (χ4v) is 2.49. The van der Waals surface area contributed by atoms with E-state index in [4.69, 9.17) is 15.2 Å². The van der Waals surface area contributed by atoms with Crippen LogP contribution >= 0.6 is 12.4 Å². The smallest absolute Gasteiger partial charge is 0.162 e. The summed E-state index contributed by atoms with van der Waals surface area (Å²) >= 11 is 0. The van der Waals surface area contributed by atoms with Gasteiger partial charge < -0.3 is 25.8 Å². The molecule has 120 valence electrons. The van der Waals surface area contributed by atoms with Crippen molar-refractivity contribution in [3.05, 3.63) is 18.0 Å². The molecule has 0 saturated carbocycles. The highest BCUT2D eigenvalue weighted by molar-refractivity contribution is 5.90. The van der Waals surface area contributed by atoms with Crippen molar-refractivity contribution in [2.45, 2.75) is 6.04 Å². The number of nitrogens with one attached hydrogen (secondary N) is 2. The standard InChI is InChI=1S/C14H19N5O2.ClH/c1-20-11-5-8-9(6-12(11)21-2)18-14(19-13(8)15)10-7-16-3-4-17-10;/h5-6,10,16-17H,3-4,7H2,1-2H3,(H2,15,18,19);1H. The lowest BCUT2D eigenvalue weighted by molar-refractivity contribution is 0.355. The summed E-state index contributed by atoms with van der Waals surface area (Å²) in [6.07, 6.45) is 0. The van der Waals surface area contributed by atoms with Crippen molar-refractivity contribution in [1.29, 1.82) is 0 Å². The van der Waals surface area contributed by atoms with Gasteiger partial charge >= 0.3 is 0 Å². The molecule has 3 rings (SSSR count). The Labute approximate surface area is 135 Å². The third-order valence-corrected chi connectivity index (χ3v) is 3.60. The van der Waals surface area contributed by atoms with E-state index in [9.17, 15) is 0 Å². The first-order chi connectivity index (χ1) is 10.2. The van der Waals surface area contributed by atoms with E-state index in [0.29, 0.717) is 23.1 Å². The van der Waals surface area contributed by atoms with Crippen molar-refractivity contribution in [3.63, 3.8) is 0 Å². The number of ether oxygens (including phenoxy) is 2. The van der Waals surface area contributed by atoms with Crippen LogP contribution in [-0.2, 0) is 0 Å². The van der Waals surface area contributed by atoms with Gasteiger partial charge in [0.2, 0.25) is 0 Å². The van der Waals surface area contributed by atoms with E-state index in [2.05, 4.69) is 20.6 Å². The van der Waals surface area contributed by atoms with E-state index in [1.807, 2.05) is 6.07 Å². The normalized spacial score (nSPS) is 17.8. The molecule has 2 aromatic rings. The molecule has 0 amide bonds. The number of hydrogen-bond donors (Lipinski definition) is 3. The zero-order valence-electron chi connectivity index (χ0n) is 12.5. The van der Waals surface area contributed by atoms with Crippen LogP contribution < -0.4 is 25.8 Å². The summed E-state index contributed by atoms with van der Waals surface area (Å²) < 4.78 is 10.6. The molecule has 7 nitrogen and oxygen atoms in total. The number of methoxy groups -OCH3 is 2. The third-order valence-electron chi connectivity index (χ3n) is 3.60. The fourth-order valence-electron chi connectivity index (χ4n) is 2.49. The lowest BCUT2D eigenvalue weighted by Gasteiger charge is -2.23. The lowest BCUT2D eigenvalue weighted by atomic mass is 10.1. The molecule has 22 heavy (non-hydrogen) atoms. The zero-order chi connectivity index (χ0) is 14.8. The summed E-state index contributed by atoms with van der Waals surface area (Å²) in [5, 5.41) is 7.46. The predicted molar refractivity (Wildman–Crippen MR) is 87.9 cm³/mol. The maximum atomic E-state index is 6.08. The molecule has 0 bridgehead atoms. The molecule has 1 aliphatic rings. The number of aromatic nitrogens is 2. The number of anilines is 1. The van der Waals surface area contributed by atoms with Crippen molar-refractivity contribution < 1.29 is 9.47 Å². The van der Waals surface area contributed by atoms with E-state index in [1.54, 1.807) is 20.3 Å². The van der Waals surface area contributed by atoms with E-state index >= 15 is 0 Å². The van der Waals surface area contributed by atoms with E-state index < -0.39 is 0 Å². The average Bonchev–Trinajstić information content (AvgIpc) is 2.54. The number of piperazine rings is 1. The maximum Gasteiger partial charge on any atom is 0.162 e. The Hall–Kier alpha value is -1.83. The number of fused-ring (bicyclic) bond motifs is 1. The van der Waals surface area contributed by atoms with E-state index in [1.165, 1.54) is 0 Å². The minimum Gasteiger partial charge on any atom is -0.493 e. The summed E-state index contributed by atoms with van der Waals surface area (Å²) in [4.78, 5) is 9.04. The first-order valence-electron chi connectivity index (χ1n) is 6.86. The molecule has 1 atom stereocenters. The Morgan fingerprint density at radius 2 is 1.86 bits per heavy atom. The van der Waals surface area contributed by atoms with Gasteiger partial charge in [0.15, 0.2) is 11.5 Å². The second-order valence-corrected chi connectivity index (χ2v) is 4.90. The van der Waals surface area contributed by atoms with Crippen LogP contribution in [0.25, 0.3) is 10.9 Å². The average molecular weight is 326 g/mol. The lowest BCUT2D eigenvalue weighted by Crippen LogP contribution is -2.43. The van der Waals surface area contributed by atoms with Gasteiger partial charge in [-0.15, -0.1) is 12.4 Å². The van der Waals surface area contributed by atoms with Crippen LogP contribution in [0.4, 0.5) is 5.82 Å². The second kappa shape index (κ2) is 6.95. The summed E-state index contributed by atoms with van der Waals surface area (Å²) in [5.41, 5.74) is 6.84. The molecule has 4 N–H and O–H groups in total. The fraction of sp³-hybridized carbons (Fsp3) is 0.429. The predicted octanol–water partition coefficient (Wildman–Crippen LogP) is 0.885. The highest BCUT2D eigenvalue weighted by Crippen LogP contribution is 2.33. The molecule has 1 saturated heterocycles. The number of rotatable bonds is 3. The minimum absolute atomic E-state index is 0. The van der Waals surface area contributed by atoms with Crippen LogP contribution in [0.3, 0.4) is 0 Å². The van der Waals surface area contributed by atoms with E-state index in [0.717, 1.165) is 30.5 Å². The molecule has 1 aliphatic heterocycles. The van der Waals surface area contributed by atoms with Gasteiger partial charge in [-0.05, 0) is 6.07 Å². The topological polar surface area (TPSA) is 94.3 Å². The molecule has 0 aliphatic carbocycles. The number of hydrogen-bond acceptors (Lipinski definition) is 7. The molecule has 0 radical (unpaired) electrons. The van der Waals surface area contributed by atoms with Crippen LogP contribution in [0.5, 0.6) is 11.5 Å². The van der Waals surface area contributed by atoms with Crippen LogP contribution in [0.2, 0.25) is 0 Å². The second-order valence-electron chi connectivity index (χ2n) is 4.90. The number of benzene rings is 1. The molecule has 2 heterocycles. The van der Waals surface area contributed by atoms with Crippen molar-refractivity contribution in [3.8, 4) is 11.5 Å². The van der Waals surface area contributed by atoms with Gasteiger partial charge in [-0.25, -0.2) is 9.97 Å². The summed E-state index contributed by atoms with van der Waals surface area (Å²) in [6, 6.07) is 3.70. The quantitative estimate of drug-likeness (QED) is 0.771. The SMILES string of the molecule is COc1cc2nc(C3CNCCN3)nc(N)c2cc1OC.Cl. The van der Waals surface area contributed by atoms with Gasteiger partial charge in [0, 0.05) is 31.1 Å². The molecule has 1 unspecified atom stereocenters. The number of halogens is 1. The van der Waals surface area contributed by atoms with Crippen LogP contribution in [0, 0.1) is 0 Å². The number of nitrogen functional groups attached to an aromatic ring is 1. The Morgan fingerprint density at radius 3 is 2.50 bits per heavy atom. The summed E-state index contributed by atoms with van der Waals surface area (Å²) in [5.74, 6) is 2.39. The highest BCUT2D eigenvalue weighted by Gasteiger charge is 2.19. The minimum atomic E-state index is 0. The molecule has 8 heteroatoms. The van der Waals surface area contributed by atoms with Gasteiger partial charge in [0.1, 0.15) is 11.6 Å². The Balaban J connectivity index is 0.00000176. The molecule has 1 fully saturated rings. The van der Waals surface area contributed by atoms with Gasteiger partial charge in [-0.2, -0.15) is 0 Å². The Morgan fingerprint density at radius 1 is 1.14 bits per heavy atom. The maximum absolute atomic E-state index is 6.08. The van der Waals surface area contributed by atoms with Gasteiger partial charge in [-0.1, -0.05) is 0 Å². The zero-order valence-corrected chi connectivity index (χ0v) is 13.4. The molecule has 1 aromatic carbocycles.